The predicted molar refractivity (Wildman–Crippen MR) is 313 cm³/mol. The van der Waals surface area contributed by atoms with Gasteiger partial charge in [0.05, 0.1) is 22.1 Å². The first kappa shape index (κ1) is 44.9. The van der Waals surface area contributed by atoms with Gasteiger partial charge in [0.15, 0.2) is 0 Å². The first-order chi connectivity index (χ1) is 35.3. The van der Waals surface area contributed by atoms with Crippen molar-refractivity contribution in [3.63, 3.8) is 0 Å². The molecule has 0 saturated carbocycles. The highest BCUT2D eigenvalue weighted by Gasteiger charge is 2.46. The largest absolute Gasteiger partial charge is 0.458 e. The van der Waals surface area contributed by atoms with Crippen molar-refractivity contribution < 1.29 is 9.15 Å². The standard InChI is InChI=1S/C69H61BN2O2/c1-66(2,3)42-26-24-40(25-27-42)41-34-58-63-60(35-41)73-61-39-57(72-54-22-16-13-19-47(54)50-37-52-49(38-56(50)72)46-18-12-15-21-51(46)69(52,10)11)62-48-20-14-17-23-59(48)74-65(62)64(61)70(63)53-36-44(68(7,8)9)30-33-55(53)71(58)45-31-28-43(29-32-45)67(4,5)6/h12-39H,1-11H3. The number of hydrogen-bond acceptors (Lipinski definition) is 3. The third-order valence-corrected chi connectivity index (χ3v) is 16.9. The number of benzene rings is 9. The molecule has 74 heavy (non-hydrogen) atoms. The van der Waals surface area contributed by atoms with Gasteiger partial charge in [0.1, 0.15) is 22.7 Å². The average molecular weight is 961 g/mol. The van der Waals surface area contributed by atoms with Crippen molar-refractivity contribution in [2.24, 2.45) is 0 Å². The summed E-state index contributed by atoms with van der Waals surface area (Å²) in [6.07, 6.45) is 0. The summed E-state index contributed by atoms with van der Waals surface area (Å²) in [5.74, 6) is 1.67. The van der Waals surface area contributed by atoms with Gasteiger partial charge in [0, 0.05) is 50.2 Å². The van der Waals surface area contributed by atoms with E-state index in [2.05, 4.69) is 255 Å². The molecule has 2 aliphatic heterocycles. The maximum Gasteiger partial charge on any atom is 0.261 e. The molecule has 9 aromatic carbocycles. The molecule has 0 unspecified atom stereocenters. The fourth-order valence-corrected chi connectivity index (χ4v) is 12.9. The van der Waals surface area contributed by atoms with Crippen molar-refractivity contribution >= 4 is 83.9 Å². The van der Waals surface area contributed by atoms with Gasteiger partial charge < -0.3 is 18.6 Å². The predicted octanol–water partition coefficient (Wildman–Crippen LogP) is 17.0. The van der Waals surface area contributed by atoms with Crippen LogP contribution in [0.5, 0.6) is 11.5 Å². The Morgan fingerprint density at radius 1 is 0.459 bits per heavy atom. The number of nitrogens with zero attached hydrogens (tertiary/aromatic N) is 2. The zero-order chi connectivity index (χ0) is 51.0. The number of para-hydroxylation sites is 2. The highest BCUT2D eigenvalue weighted by molar-refractivity contribution is 7.00. The molecule has 0 saturated heterocycles. The Hall–Kier alpha value is -7.76. The molecule has 2 aromatic heterocycles. The Morgan fingerprint density at radius 2 is 1.09 bits per heavy atom. The van der Waals surface area contributed by atoms with Gasteiger partial charge in [-0.2, -0.15) is 0 Å². The molecular weight excluding hydrogens is 900 g/mol. The van der Waals surface area contributed by atoms with Crippen LogP contribution in [0, 0.1) is 0 Å². The minimum atomic E-state index is -0.208. The highest BCUT2D eigenvalue weighted by Crippen LogP contribution is 2.52. The zero-order valence-corrected chi connectivity index (χ0v) is 44.5. The quantitative estimate of drug-likeness (QED) is 0.165. The Labute approximate surface area is 435 Å². The van der Waals surface area contributed by atoms with E-state index in [1.807, 2.05) is 0 Å². The molecule has 11 aromatic rings. The fourth-order valence-electron chi connectivity index (χ4n) is 12.9. The first-order valence-electron chi connectivity index (χ1n) is 26.5. The third-order valence-electron chi connectivity index (χ3n) is 16.9. The van der Waals surface area contributed by atoms with Gasteiger partial charge in [0.25, 0.3) is 6.71 Å². The second-order valence-corrected chi connectivity index (χ2v) is 25.0. The van der Waals surface area contributed by atoms with E-state index in [1.165, 1.54) is 55.2 Å². The van der Waals surface area contributed by atoms with Crippen molar-refractivity contribution in [2.75, 3.05) is 4.90 Å². The molecule has 0 fully saturated rings. The molecule has 0 N–H and O–H groups in total. The van der Waals surface area contributed by atoms with Crippen LogP contribution in [0.1, 0.15) is 104 Å². The van der Waals surface area contributed by atoms with E-state index < -0.39 is 0 Å². The Bertz CT molecular complexity index is 4190. The Morgan fingerprint density at radius 3 is 1.82 bits per heavy atom. The molecule has 4 heterocycles. The molecule has 0 amide bonds. The van der Waals surface area contributed by atoms with Gasteiger partial charge in [0.2, 0.25) is 0 Å². The van der Waals surface area contributed by atoms with Crippen molar-refractivity contribution in [3.8, 4) is 39.4 Å². The molecule has 0 bridgehead atoms. The van der Waals surface area contributed by atoms with Crippen LogP contribution >= 0.6 is 0 Å². The maximum atomic E-state index is 7.64. The number of anilines is 3. The lowest BCUT2D eigenvalue weighted by molar-refractivity contribution is 0.487. The number of fused-ring (bicyclic) bond motifs is 14. The molecule has 0 spiro atoms. The molecular formula is C69H61BN2O2. The van der Waals surface area contributed by atoms with Crippen LogP contribution in [0.15, 0.2) is 174 Å². The molecule has 0 atom stereocenters. The van der Waals surface area contributed by atoms with E-state index >= 15 is 0 Å². The number of furan rings is 1. The third kappa shape index (κ3) is 6.41. The van der Waals surface area contributed by atoms with Crippen LogP contribution in [0.25, 0.3) is 71.7 Å². The summed E-state index contributed by atoms with van der Waals surface area (Å²) in [5.41, 5.74) is 23.2. The van der Waals surface area contributed by atoms with E-state index in [1.54, 1.807) is 0 Å². The number of rotatable bonds is 3. The molecule has 362 valence electrons. The highest BCUT2D eigenvalue weighted by atomic mass is 16.5. The minimum Gasteiger partial charge on any atom is -0.458 e. The zero-order valence-electron chi connectivity index (χ0n) is 44.5. The smallest absolute Gasteiger partial charge is 0.261 e. The van der Waals surface area contributed by atoms with Crippen molar-refractivity contribution in [1.82, 2.24) is 4.57 Å². The summed E-state index contributed by atoms with van der Waals surface area (Å²) in [4.78, 5) is 2.49. The Balaban J connectivity index is 1.09. The number of hydrogen-bond donors (Lipinski definition) is 0. The van der Waals surface area contributed by atoms with E-state index in [0.29, 0.717) is 0 Å². The van der Waals surface area contributed by atoms with Gasteiger partial charge in [-0.15, -0.1) is 0 Å². The summed E-state index contributed by atoms with van der Waals surface area (Å²) in [7, 11) is 0. The summed E-state index contributed by atoms with van der Waals surface area (Å²) >= 11 is 0. The van der Waals surface area contributed by atoms with Crippen molar-refractivity contribution in [1.29, 1.82) is 0 Å². The van der Waals surface area contributed by atoms with Gasteiger partial charge in [-0.25, -0.2) is 0 Å². The molecule has 0 radical (unpaired) electrons. The first-order valence-corrected chi connectivity index (χ1v) is 26.5. The van der Waals surface area contributed by atoms with Crippen LogP contribution in [-0.2, 0) is 21.7 Å². The van der Waals surface area contributed by atoms with Gasteiger partial charge >= 0.3 is 0 Å². The SMILES string of the molecule is CC(C)(C)c1ccc(-c2cc3c4c(c2)N(c2ccc(C(C)(C)C)cc2)c2ccc(C(C)(C)C)cc2B4c2c(cc(-n4c5ccccc5c5cc6c(cc54)-c4ccccc4C6(C)C)c4c2oc2ccccc24)O3)cc1. The van der Waals surface area contributed by atoms with Crippen LogP contribution in [0.2, 0.25) is 0 Å². The summed E-state index contributed by atoms with van der Waals surface area (Å²) in [6.45, 7) is 25.2. The second kappa shape index (κ2) is 15.2. The van der Waals surface area contributed by atoms with Crippen molar-refractivity contribution in [2.45, 2.75) is 97.8 Å². The van der Waals surface area contributed by atoms with E-state index in [4.69, 9.17) is 9.15 Å². The van der Waals surface area contributed by atoms with Crippen LogP contribution < -0.4 is 26.0 Å². The van der Waals surface area contributed by atoms with Gasteiger partial charge in [-0.05, 0) is 132 Å². The van der Waals surface area contributed by atoms with Crippen molar-refractivity contribution in [3.05, 3.63) is 198 Å². The normalized spacial score (nSPS) is 14.6. The summed E-state index contributed by atoms with van der Waals surface area (Å²) in [6, 6.07) is 64.0. The average Bonchev–Trinajstić information content (AvgIpc) is 4.04. The fraction of sp³-hybridized carbons (Fsp3) is 0.217. The molecule has 14 rings (SSSR count). The molecule has 3 aliphatic rings. The minimum absolute atomic E-state index is 0.0132. The number of ether oxygens (including phenoxy) is 1. The number of aromatic nitrogens is 1. The lowest BCUT2D eigenvalue weighted by atomic mass is 9.33. The monoisotopic (exact) mass is 960 g/mol. The van der Waals surface area contributed by atoms with Gasteiger partial charge in [-0.1, -0.05) is 185 Å². The summed E-state index contributed by atoms with van der Waals surface area (Å²) < 4.78 is 17.5. The molecule has 4 nitrogen and oxygen atoms in total. The summed E-state index contributed by atoms with van der Waals surface area (Å²) in [5, 5.41) is 4.63. The van der Waals surface area contributed by atoms with Gasteiger partial charge in [-0.3, -0.25) is 0 Å². The van der Waals surface area contributed by atoms with E-state index in [-0.39, 0.29) is 28.4 Å². The van der Waals surface area contributed by atoms with Crippen LogP contribution in [0.4, 0.5) is 17.1 Å². The van der Waals surface area contributed by atoms with E-state index in [0.717, 1.165) is 89.3 Å². The molecule has 5 heteroatoms. The topological polar surface area (TPSA) is 30.5 Å². The van der Waals surface area contributed by atoms with E-state index in [9.17, 15) is 0 Å². The second-order valence-electron chi connectivity index (χ2n) is 25.0. The molecule has 1 aliphatic carbocycles. The maximum absolute atomic E-state index is 7.64. The van der Waals surface area contributed by atoms with Crippen LogP contribution in [0.3, 0.4) is 0 Å². The lowest BCUT2D eigenvalue weighted by Crippen LogP contribution is -2.60. The Kier molecular flexibility index (Phi) is 9.20. The lowest BCUT2D eigenvalue weighted by Gasteiger charge is -2.41. The van der Waals surface area contributed by atoms with Crippen LogP contribution in [-0.4, -0.2) is 11.3 Å².